The molecule has 0 aliphatic carbocycles. The first-order valence-corrected chi connectivity index (χ1v) is 6.04. The van der Waals surface area contributed by atoms with E-state index in [0.717, 1.165) is 13.0 Å². The van der Waals surface area contributed by atoms with Gasteiger partial charge in [0.15, 0.2) is 0 Å². The topological polar surface area (TPSA) is 21.3 Å². The summed E-state index contributed by atoms with van der Waals surface area (Å²) in [5, 5.41) is 3.63. The molecule has 1 saturated heterocycles. The van der Waals surface area contributed by atoms with Crippen molar-refractivity contribution in [3.8, 4) is 0 Å². The molecule has 1 aromatic carbocycles. The van der Waals surface area contributed by atoms with Gasteiger partial charge in [0.1, 0.15) is 0 Å². The molecule has 1 N–H and O–H groups in total. The highest BCUT2D eigenvalue weighted by Crippen LogP contribution is 2.26. The van der Waals surface area contributed by atoms with E-state index in [1.165, 1.54) is 22.4 Å². The van der Waals surface area contributed by atoms with Crippen LogP contribution in [0, 0.1) is 20.8 Å². The van der Waals surface area contributed by atoms with Gasteiger partial charge >= 0.3 is 0 Å². The highest BCUT2D eigenvalue weighted by atomic mass is 16.5. The minimum atomic E-state index is 0.320. The summed E-state index contributed by atoms with van der Waals surface area (Å²) < 4.78 is 5.58. The Labute approximate surface area is 98.0 Å². The summed E-state index contributed by atoms with van der Waals surface area (Å²) in [5.74, 6) is 0. The van der Waals surface area contributed by atoms with Gasteiger partial charge < -0.3 is 10.1 Å². The molecule has 2 heteroatoms. The Bertz CT molecular complexity index is 363. The molecule has 2 rings (SSSR count). The van der Waals surface area contributed by atoms with E-state index in [1.54, 1.807) is 0 Å². The quantitative estimate of drug-likeness (QED) is 0.824. The van der Waals surface area contributed by atoms with E-state index in [9.17, 15) is 0 Å². The Morgan fingerprint density at radius 2 is 1.81 bits per heavy atom. The summed E-state index contributed by atoms with van der Waals surface area (Å²) in [6, 6.07) is 4.92. The smallest absolute Gasteiger partial charge is 0.0748 e. The molecule has 2 unspecified atom stereocenters. The molecule has 0 spiro atoms. The van der Waals surface area contributed by atoms with Crippen molar-refractivity contribution < 1.29 is 4.74 Å². The van der Waals surface area contributed by atoms with E-state index in [2.05, 4.69) is 45.1 Å². The van der Waals surface area contributed by atoms with Gasteiger partial charge in [-0.3, -0.25) is 0 Å². The summed E-state index contributed by atoms with van der Waals surface area (Å²) in [7, 11) is 0. The number of rotatable bonds is 2. The lowest BCUT2D eigenvalue weighted by atomic mass is 10.0. The monoisotopic (exact) mass is 219 g/mol. The van der Waals surface area contributed by atoms with Gasteiger partial charge in [-0.2, -0.15) is 0 Å². The molecule has 1 heterocycles. The lowest BCUT2D eigenvalue weighted by Gasteiger charge is -2.21. The number of aryl methyl sites for hydroxylation is 3. The van der Waals surface area contributed by atoms with Crippen LogP contribution in [-0.2, 0) is 4.74 Å². The minimum absolute atomic E-state index is 0.320. The first-order valence-electron chi connectivity index (χ1n) is 6.04. The molecule has 16 heavy (non-hydrogen) atoms. The summed E-state index contributed by atoms with van der Waals surface area (Å²) in [6.45, 7) is 9.50. The van der Waals surface area contributed by atoms with Gasteiger partial charge in [0, 0.05) is 12.3 Å². The molecule has 0 aromatic heterocycles. The normalized spacial score (nSPS) is 24.8. The fourth-order valence-corrected chi connectivity index (χ4v) is 2.51. The zero-order valence-corrected chi connectivity index (χ0v) is 10.6. The first kappa shape index (κ1) is 11.5. The van der Waals surface area contributed by atoms with Crippen LogP contribution in [-0.4, -0.2) is 18.8 Å². The fourth-order valence-electron chi connectivity index (χ4n) is 2.51. The van der Waals surface area contributed by atoms with Crippen LogP contribution in [0.1, 0.15) is 30.0 Å². The third-order valence-corrected chi connectivity index (χ3v) is 3.38. The van der Waals surface area contributed by atoms with Crippen molar-refractivity contribution in [3.63, 3.8) is 0 Å². The molecule has 0 amide bonds. The molecule has 0 bridgehead atoms. The summed E-state index contributed by atoms with van der Waals surface area (Å²) in [5.41, 5.74) is 5.28. The third-order valence-electron chi connectivity index (χ3n) is 3.38. The first-order chi connectivity index (χ1) is 7.58. The summed E-state index contributed by atoms with van der Waals surface area (Å²) in [4.78, 5) is 0. The van der Waals surface area contributed by atoms with Crippen molar-refractivity contribution >= 4 is 5.69 Å². The van der Waals surface area contributed by atoms with E-state index in [-0.39, 0.29) is 0 Å². The maximum absolute atomic E-state index is 5.58. The zero-order chi connectivity index (χ0) is 11.7. The maximum Gasteiger partial charge on any atom is 0.0748 e. The van der Waals surface area contributed by atoms with Crippen molar-refractivity contribution in [3.05, 3.63) is 28.8 Å². The average molecular weight is 219 g/mol. The average Bonchev–Trinajstić information content (AvgIpc) is 2.57. The van der Waals surface area contributed by atoms with Crippen LogP contribution >= 0.6 is 0 Å². The van der Waals surface area contributed by atoms with Crippen LogP contribution in [0.25, 0.3) is 0 Å². The molecule has 2 nitrogen and oxygen atoms in total. The number of hydrogen-bond donors (Lipinski definition) is 1. The second-order valence-electron chi connectivity index (χ2n) is 4.89. The predicted molar refractivity (Wildman–Crippen MR) is 68.1 cm³/mol. The Kier molecular flexibility index (Phi) is 3.20. The van der Waals surface area contributed by atoms with Gasteiger partial charge in [0.05, 0.1) is 12.1 Å². The van der Waals surface area contributed by atoms with Gasteiger partial charge in [0.2, 0.25) is 0 Å². The molecule has 0 saturated carbocycles. The maximum atomic E-state index is 5.58. The van der Waals surface area contributed by atoms with Crippen molar-refractivity contribution in [1.29, 1.82) is 0 Å². The van der Waals surface area contributed by atoms with Crippen LogP contribution in [0.2, 0.25) is 0 Å². The van der Waals surface area contributed by atoms with Crippen molar-refractivity contribution in [2.24, 2.45) is 0 Å². The minimum Gasteiger partial charge on any atom is -0.379 e. The second-order valence-corrected chi connectivity index (χ2v) is 4.89. The van der Waals surface area contributed by atoms with Crippen LogP contribution in [0.4, 0.5) is 5.69 Å². The van der Waals surface area contributed by atoms with Crippen LogP contribution in [0.3, 0.4) is 0 Å². The Balaban J connectivity index is 2.21. The second kappa shape index (κ2) is 4.46. The van der Waals surface area contributed by atoms with Crippen LogP contribution < -0.4 is 5.32 Å². The summed E-state index contributed by atoms with van der Waals surface area (Å²) >= 11 is 0. The molecule has 2 atom stereocenters. The lowest BCUT2D eigenvalue weighted by molar-refractivity contribution is 0.121. The van der Waals surface area contributed by atoms with Gasteiger partial charge in [-0.05, 0) is 45.2 Å². The van der Waals surface area contributed by atoms with E-state index in [1.807, 2.05) is 0 Å². The molecule has 1 aliphatic heterocycles. The number of anilines is 1. The molecule has 1 aliphatic rings. The van der Waals surface area contributed by atoms with E-state index < -0.39 is 0 Å². The number of hydrogen-bond acceptors (Lipinski definition) is 2. The molecule has 1 aromatic rings. The van der Waals surface area contributed by atoms with Gasteiger partial charge in [0.25, 0.3) is 0 Å². The van der Waals surface area contributed by atoms with E-state index in [0.29, 0.717) is 12.1 Å². The molecule has 0 radical (unpaired) electrons. The number of nitrogens with one attached hydrogen (secondary N) is 1. The molecule has 88 valence electrons. The lowest BCUT2D eigenvalue weighted by Crippen LogP contribution is -2.27. The largest absolute Gasteiger partial charge is 0.379 e. The third kappa shape index (κ3) is 2.22. The standard InChI is InChI=1S/C14H21NO/c1-9-7-10(2)14(11(3)8-9)15-13-5-6-16-12(13)4/h7-8,12-13,15H,5-6H2,1-4H3. The van der Waals surface area contributed by atoms with Crippen LogP contribution in [0.15, 0.2) is 12.1 Å². The van der Waals surface area contributed by atoms with Crippen molar-refractivity contribution in [1.82, 2.24) is 0 Å². The Morgan fingerprint density at radius 1 is 1.19 bits per heavy atom. The zero-order valence-electron chi connectivity index (χ0n) is 10.6. The van der Waals surface area contributed by atoms with Gasteiger partial charge in [-0.15, -0.1) is 0 Å². The fraction of sp³-hybridized carbons (Fsp3) is 0.571. The van der Waals surface area contributed by atoms with Crippen molar-refractivity contribution in [2.45, 2.75) is 46.3 Å². The molecule has 1 fully saturated rings. The van der Waals surface area contributed by atoms with Crippen LogP contribution in [0.5, 0.6) is 0 Å². The highest BCUT2D eigenvalue weighted by Gasteiger charge is 2.24. The number of benzene rings is 1. The Hall–Kier alpha value is -1.02. The Morgan fingerprint density at radius 3 is 2.31 bits per heavy atom. The van der Waals surface area contributed by atoms with E-state index >= 15 is 0 Å². The predicted octanol–water partition coefficient (Wildman–Crippen LogP) is 3.20. The molecular weight excluding hydrogens is 198 g/mol. The van der Waals surface area contributed by atoms with Gasteiger partial charge in [-0.1, -0.05) is 17.7 Å². The molecular formula is C14H21NO. The highest BCUT2D eigenvalue weighted by molar-refractivity contribution is 5.58. The van der Waals surface area contributed by atoms with Gasteiger partial charge in [-0.25, -0.2) is 0 Å². The van der Waals surface area contributed by atoms with E-state index in [4.69, 9.17) is 4.74 Å². The van der Waals surface area contributed by atoms with Crippen molar-refractivity contribution in [2.75, 3.05) is 11.9 Å². The summed E-state index contributed by atoms with van der Waals surface area (Å²) in [6.07, 6.45) is 1.42. The SMILES string of the molecule is Cc1cc(C)c(NC2CCOC2C)c(C)c1. The number of ether oxygens (including phenoxy) is 1.